The Morgan fingerprint density at radius 2 is 1.83 bits per heavy atom. The molecular weight excluding hydrogens is 232 g/mol. The Balaban J connectivity index is 2.52. The summed E-state index contributed by atoms with van der Waals surface area (Å²) in [5, 5.41) is 0. The largest absolute Gasteiger partial charge is 0.465 e. The highest BCUT2D eigenvalue weighted by Crippen LogP contribution is 2.34. The molecule has 0 atom stereocenters. The van der Waals surface area contributed by atoms with Crippen LogP contribution >= 0.6 is 0 Å². The number of rotatable bonds is 4. The third-order valence-corrected chi connectivity index (χ3v) is 3.37. The Labute approximate surface area is 110 Å². The molecule has 106 valence electrons. The highest BCUT2D eigenvalue weighted by atomic mass is 16.7. The van der Waals surface area contributed by atoms with Crippen LogP contribution < -0.4 is 0 Å². The van der Waals surface area contributed by atoms with Crippen molar-refractivity contribution in [1.29, 1.82) is 0 Å². The van der Waals surface area contributed by atoms with Gasteiger partial charge in [0.25, 0.3) is 0 Å². The lowest BCUT2D eigenvalue weighted by Gasteiger charge is -2.42. The lowest BCUT2D eigenvalue weighted by molar-refractivity contribution is -0.272. The van der Waals surface area contributed by atoms with Gasteiger partial charge >= 0.3 is 5.97 Å². The van der Waals surface area contributed by atoms with Crippen molar-refractivity contribution in [3.63, 3.8) is 0 Å². The molecule has 4 nitrogen and oxygen atoms in total. The molecule has 0 aliphatic carbocycles. The van der Waals surface area contributed by atoms with Crippen molar-refractivity contribution < 1.29 is 19.0 Å². The van der Waals surface area contributed by atoms with E-state index < -0.39 is 0 Å². The molecule has 1 aliphatic heterocycles. The van der Waals surface area contributed by atoms with Crippen LogP contribution in [0.2, 0.25) is 0 Å². The summed E-state index contributed by atoms with van der Waals surface area (Å²) in [6.45, 7) is 11.7. The Kier molecular flexibility index (Phi) is 5.17. The second kappa shape index (κ2) is 6.02. The van der Waals surface area contributed by atoms with Gasteiger partial charge in [0.1, 0.15) is 6.61 Å². The van der Waals surface area contributed by atoms with Crippen LogP contribution in [0.5, 0.6) is 0 Å². The molecule has 0 radical (unpaired) electrons. The molecule has 18 heavy (non-hydrogen) atoms. The Hall–Kier alpha value is -0.610. The van der Waals surface area contributed by atoms with Gasteiger partial charge in [-0.1, -0.05) is 34.6 Å². The predicted molar refractivity (Wildman–Crippen MR) is 69.1 cm³/mol. The van der Waals surface area contributed by atoms with E-state index in [1.807, 2.05) is 0 Å². The molecule has 0 unspecified atom stereocenters. The van der Waals surface area contributed by atoms with Crippen LogP contribution in [-0.2, 0) is 19.0 Å². The smallest absolute Gasteiger partial charge is 0.305 e. The highest BCUT2D eigenvalue weighted by molar-refractivity contribution is 5.68. The van der Waals surface area contributed by atoms with E-state index in [9.17, 15) is 4.79 Å². The zero-order chi connectivity index (χ0) is 13.8. The zero-order valence-corrected chi connectivity index (χ0v) is 12.2. The van der Waals surface area contributed by atoms with Gasteiger partial charge in [-0.15, -0.1) is 0 Å². The minimum Gasteiger partial charge on any atom is -0.465 e. The average Bonchev–Trinajstić information content (AvgIpc) is 2.35. The van der Waals surface area contributed by atoms with E-state index >= 15 is 0 Å². The molecule has 0 aromatic heterocycles. The van der Waals surface area contributed by atoms with Gasteiger partial charge in [0.05, 0.1) is 18.6 Å². The summed E-state index contributed by atoms with van der Waals surface area (Å²) in [6.07, 6.45) is 1.10. The molecule has 0 amide bonds. The van der Waals surface area contributed by atoms with Crippen molar-refractivity contribution in [3.8, 4) is 0 Å². The SMILES string of the molecule is CCC(=O)OCC1(CC)COC(C(C)(C)C)OC1. The Morgan fingerprint density at radius 3 is 2.22 bits per heavy atom. The van der Waals surface area contributed by atoms with E-state index in [0.717, 1.165) is 6.42 Å². The van der Waals surface area contributed by atoms with Crippen LogP contribution in [-0.4, -0.2) is 32.1 Å². The van der Waals surface area contributed by atoms with Crippen molar-refractivity contribution in [2.45, 2.75) is 53.8 Å². The summed E-state index contributed by atoms with van der Waals surface area (Å²) in [4.78, 5) is 11.2. The monoisotopic (exact) mass is 258 g/mol. The molecule has 1 heterocycles. The number of ether oxygens (including phenoxy) is 3. The third kappa shape index (κ3) is 3.95. The molecule has 0 saturated carbocycles. The van der Waals surface area contributed by atoms with Crippen molar-refractivity contribution in [2.75, 3.05) is 19.8 Å². The number of carbonyl (C=O) groups is 1. The molecule has 1 saturated heterocycles. The number of hydrogen-bond donors (Lipinski definition) is 0. The first kappa shape index (κ1) is 15.4. The quantitative estimate of drug-likeness (QED) is 0.727. The van der Waals surface area contributed by atoms with Crippen LogP contribution in [0.3, 0.4) is 0 Å². The molecule has 0 aromatic rings. The van der Waals surface area contributed by atoms with Crippen LogP contribution in [0.1, 0.15) is 47.5 Å². The van der Waals surface area contributed by atoms with Gasteiger partial charge in [-0.25, -0.2) is 0 Å². The molecule has 1 fully saturated rings. The van der Waals surface area contributed by atoms with Gasteiger partial charge in [0.2, 0.25) is 0 Å². The summed E-state index contributed by atoms with van der Waals surface area (Å²) >= 11 is 0. The number of hydrogen-bond acceptors (Lipinski definition) is 4. The summed E-state index contributed by atoms with van der Waals surface area (Å²) < 4.78 is 16.9. The van der Waals surface area contributed by atoms with Crippen LogP contribution in [0.25, 0.3) is 0 Å². The van der Waals surface area contributed by atoms with Gasteiger partial charge in [0.15, 0.2) is 6.29 Å². The van der Waals surface area contributed by atoms with Crippen molar-refractivity contribution in [2.24, 2.45) is 10.8 Å². The van der Waals surface area contributed by atoms with Gasteiger partial charge in [-0.05, 0) is 6.42 Å². The van der Waals surface area contributed by atoms with Gasteiger partial charge in [-0.2, -0.15) is 0 Å². The van der Waals surface area contributed by atoms with Crippen molar-refractivity contribution in [1.82, 2.24) is 0 Å². The Bertz CT molecular complexity index is 272. The zero-order valence-electron chi connectivity index (χ0n) is 12.2. The first-order valence-corrected chi connectivity index (χ1v) is 6.72. The van der Waals surface area contributed by atoms with E-state index in [4.69, 9.17) is 14.2 Å². The fourth-order valence-electron chi connectivity index (χ4n) is 1.82. The van der Waals surface area contributed by atoms with Crippen LogP contribution in [0.4, 0.5) is 0 Å². The van der Waals surface area contributed by atoms with Gasteiger partial charge in [0, 0.05) is 11.8 Å². The second-order valence-electron chi connectivity index (χ2n) is 6.19. The topological polar surface area (TPSA) is 44.8 Å². The third-order valence-electron chi connectivity index (χ3n) is 3.37. The maximum Gasteiger partial charge on any atom is 0.305 e. The molecule has 0 bridgehead atoms. The minimum absolute atomic E-state index is 0.0278. The van der Waals surface area contributed by atoms with E-state index in [0.29, 0.717) is 26.2 Å². The molecule has 0 aromatic carbocycles. The fraction of sp³-hybridized carbons (Fsp3) is 0.929. The standard InChI is InChI=1S/C14H26O4/c1-6-11(15)16-8-14(7-2)9-17-12(18-10-14)13(3,4)5/h12H,6-10H2,1-5H3. The van der Waals surface area contributed by atoms with E-state index in [1.54, 1.807) is 6.92 Å². The summed E-state index contributed by atoms with van der Waals surface area (Å²) in [6, 6.07) is 0. The predicted octanol–water partition coefficient (Wildman–Crippen LogP) is 2.76. The first-order valence-electron chi connectivity index (χ1n) is 6.72. The number of esters is 1. The normalized spacial score (nSPS) is 29.1. The molecular formula is C14H26O4. The summed E-state index contributed by atoms with van der Waals surface area (Å²) in [5.74, 6) is -0.166. The molecule has 0 N–H and O–H groups in total. The summed E-state index contributed by atoms with van der Waals surface area (Å²) in [5.41, 5.74) is -0.216. The number of carbonyl (C=O) groups excluding carboxylic acids is 1. The minimum atomic E-state index is -0.188. The van der Waals surface area contributed by atoms with Gasteiger partial charge < -0.3 is 14.2 Å². The van der Waals surface area contributed by atoms with E-state index in [-0.39, 0.29) is 23.1 Å². The van der Waals surface area contributed by atoms with Crippen LogP contribution in [0, 0.1) is 10.8 Å². The van der Waals surface area contributed by atoms with Crippen molar-refractivity contribution >= 4 is 5.97 Å². The second-order valence-corrected chi connectivity index (χ2v) is 6.19. The average molecular weight is 258 g/mol. The lowest BCUT2D eigenvalue weighted by Crippen LogP contribution is -2.48. The summed E-state index contributed by atoms with van der Waals surface area (Å²) in [7, 11) is 0. The lowest BCUT2D eigenvalue weighted by atomic mass is 9.86. The van der Waals surface area contributed by atoms with Gasteiger partial charge in [-0.3, -0.25) is 4.79 Å². The fourth-order valence-corrected chi connectivity index (χ4v) is 1.82. The maximum atomic E-state index is 11.2. The maximum absolute atomic E-state index is 11.2. The van der Waals surface area contributed by atoms with E-state index in [2.05, 4.69) is 27.7 Å². The van der Waals surface area contributed by atoms with E-state index in [1.165, 1.54) is 0 Å². The molecule has 1 aliphatic rings. The molecule has 1 rings (SSSR count). The highest BCUT2D eigenvalue weighted by Gasteiger charge is 2.40. The molecule has 4 heteroatoms. The first-order chi connectivity index (χ1) is 8.33. The molecule has 0 spiro atoms. The van der Waals surface area contributed by atoms with Crippen LogP contribution in [0.15, 0.2) is 0 Å². The van der Waals surface area contributed by atoms with Crippen molar-refractivity contribution in [3.05, 3.63) is 0 Å². The Morgan fingerprint density at radius 1 is 1.28 bits per heavy atom.